The van der Waals surface area contributed by atoms with Crippen LogP contribution in [0.5, 0.6) is 0 Å². The first-order valence-corrected chi connectivity index (χ1v) is 21.5. The summed E-state index contributed by atoms with van der Waals surface area (Å²) >= 11 is 0. The van der Waals surface area contributed by atoms with Gasteiger partial charge in [-0.15, -0.1) is 0 Å². The fraction of sp³-hybridized carbons (Fsp3) is 0.973. The molecule has 0 heterocycles. The van der Waals surface area contributed by atoms with E-state index in [1.54, 1.807) is 0 Å². The Kier molecular flexibility index (Phi) is 27.3. The third-order valence-corrected chi connectivity index (χ3v) is 10.9. The fourth-order valence-corrected chi connectivity index (χ4v) is 7.52. The minimum atomic E-state index is -5.04. The summed E-state index contributed by atoms with van der Waals surface area (Å²) in [6, 6.07) is -1.02. The lowest BCUT2D eigenvalue weighted by Crippen LogP contribution is -2.64. The highest BCUT2D eigenvalue weighted by atomic mass is 31.2. The van der Waals surface area contributed by atoms with Crippen molar-refractivity contribution in [1.29, 1.82) is 0 Å². The van der Waals surface area contributed by atoms with Crippen LogP contribution in [-0.4, -0.2) is 96.8 Å². The number of amides is 1. The number of carbonyl (C=O) groups excluding carboxylic acids is 1. The van der Waals surface area contributed by atoms with Gasteiger partial charge in [0.2, 0.25) is 5.91 Å². The summed E-state index contributed by atoms with van der Waals surface area (Å²) in [5.41, 5.74) is 0. The minimum Gasteiger partial charge on any atom is -0.391 e. The first-order valence-electron chi connectivity index (χ1n) is 20.0. The van der Waals surface area contributed by atoms with Crippen LogP contribution in [-0.2, 0) is 18.4 Å². The maximum Gasteiger partial charge on any atom is 0.472 e. The molecule has 13 heteroatoms. The number of nitrogens with one attached hydrogen (secondary N) is 1. The molecule has 0 saturated heterocycles. The Hall–Kier alpha value is -0.660. The number of unbranched alkanes of at least 4 members (excludes halogenated alkanes) is 21. The summed E-state index contributed by atoms with van der Waals surface area (Å²) in [6.07, 6.45) is 14.5. The van der Waals surface area contributed by atoms with Crippen LogP contribution in [0.25, 0.3) is 0 Å². The number of rotatable bonds is 32. The van der Waals surface area contributed by atoms with Gasteiger partial charge < -0.3 is 40.8 Å². The van der Waals surface area contributed by atoms with Crippen molar-refractivity contribution in [3.63, 3.8) is 0 Å². The molecule has 12 nitrogen and oxygen atoms in total. The van der Waals surface area contributed by atoms with Crippen molar-refractivity contribution < 1.29 is 53.9 Å². The van der Waals surface area contributed by atoms with Crippen LogP contribution in [0.1, 0.15) is 174 Å². The third-order valence-electron chi connectivity index (χ3n) is 9.92. The van der Waals surface area contributed by atoms with Gasteiger partial charge in [0.1, 0.15) is 36.6 Å². The van der Waals surface area contributed by atoms with Gasteiger partial charge in [0.15, 0.2) is 0 Å². The van der Waals surface area contributed by atoms with Crippen molar-refractivity contribution in [2.24, 2.45) is 0 Å². The Morgan fingerprint density at radius 1 is 0.600 bits per heavy atom. The van der Waals surface area contributed by atoms with Crippen molar-refractivity contribution in [2.75, 3.05) is 6.61 Å². The molecule has 298 valence electrons. The van der Waals surface area contributed by atoms with Gasteiger partial charge in [0.25, 0.3) is 0 Å². The van der Waals surface area contributed by atoms with Crippen molar-refractivity contribution in [1.82, 2.24) is 5.32 Å². The van der Waals surface area contributed by atoms with Crippen LogP contribution >= 0.6 is 7.82 Å². The monoisotopic (exact) mass is 739 g/mol. The molecule has 0 aromatic rings. The molecule has 8 N–H and O–H groups in total. The number of hydrogen-bond donors (Lipinski definition) is 8. The SMILES string of the molecule is CCCCCCCCCCCCCCCCC[C@@H](O)[C@H](COP(=O)(O)OC1C(O)C(O)C(O)[C@@H](O)C1O)NC(=O)CCCCCCCCCC. The second-order valence-corrected chi connectivity index (χ2v) is 15.9. The van der Waals surface area contributed by atoms with E-state index in [9.17, 15) is 44.9 Å². The standard InChI is InChI=1S/C37H74NO11P/c1-3-5-7-9-11-13-14-15-16-17-18-19-20-22-24-26-30(39)29(38-31(40)27-25-23-21-12-10-8-6-4-2)28-48-50(46,47)49-37-35(44)33(42)32(41)34(43)36(37)45/h29-30,32-37,39,41-45H,3-28H2,1-2H3,(H,38,40)(H,46,47)/t29-,30+,32?,33+,34?,35?,36?,37?/m0/s1. The van der Waals surface area contributed by atoms with Crippen LogP contribution in [0.4, 0.5) is 0 Å². The van der Waals surface area contributed by atoms with Gasteiger partial charge in [0.05, 0.1) is 18.8 Å². The molecule has 0 aromatic carbocycles. The Morgan fingerprint density at radius 2 is 0.960 bits per heavy atom. The van der Waals surface area contributed by atoms with Gasteiger partial charge in [0, 0.05) is 6.42 Å². The number of phosphoric acid groups is 1. The van der Waals surface area contributed by atoms with Gasteiger partial charge in [-0.05, 0) is 12.8 Å². The molecule has 9 atom stereocenters. The zero-order valence-corrected chi connectivity index (χ0v) is 32.1. The molecule has 1 amide bonds. The third kappa shape index (κ3) is 21.1. The molecule has 1 rings (SSSR count). The van der Waals surface area contributed by atoms with Gasteiger partial charge in [-0.3, -0.25) is 13.8 Å². The lowest BCUT2D eigenvalue weighted by Gasteiger charge is -2.41. The summed E-state index contributed by atoms with van der Waals surface area (Å²) < 4.78 is 22.8. The predicted molar refractivity (Wildman–Crippen MR) is 195 cm³/mol. The average Bonchev–Trinajstić information content (AvgIpc) is 3.09. The molecule has 1 aliphatic rings. The summed E-state index contributed by atoms with van der Waals surface area (Å²) in [6.45, 7) is 3.82. The van der Waals surface area contributed by atoms with E-state index in [1.165, 1.54) is 96.3 Å². The topological polar surface area (TPSA) is 206 Å². The second-order valence-electron chi connectivity index (χ2n) is 14.5. The molecule has 1 fully saturated rings. The smallest absolute Gasteiger partial charge is 0.391 e. The van der Waals surface area contributed by atoms with E-state index < -0.39 is 63.2 Å². The molecule has 0 radical (unpaired) electrons. The summed E-state index contributed by atoms with van der Waals surface area (Å²) in [5.74, 6) is -0.313. The second kappa shape index (κ2) is 28.8. The Bertz CT molecular complexity index is 868. The zero-order chi connectivity index (χ0) is 37.2. The highest BCUT2D eigenvalue weighted by Gasteiger charge is 2.51. The van der Waals surface area contributed by atoms with Crippen molar-refractivity contribution in [3.8, 4) is 0 Å². The normalized spacial score (nSPS) is 24.9. The van der Waals surface area contributed by atoms with Gasteiger partial charge in [-0.1, -0.05) is 155 Å². The molecule has 6 unspecified atom stereocenters. The van der Waals surface area contributed by atoms with Crippen LogP contribution < -0.4 is 5.32 Å². The molecule has 1 saturated carbocycles. The molecule has 0 aromatic heterocycles. The van der Waals surface area contributed by atoms with E-state index in [0.717, 1.165) is 38.5 Å². The maximum absolute atomic E-state index is 12.8. The number of aliphatic hydroxyl groups excluding tert-OH is 6. The number of carbonyl (C=O) groups is 1. The largest absolute Gasteiger partial charge is 0.472 e. The van der Waals surface area contributed by atoms with Gasteiger partial charge in [-0.2, -0.15) is 0 Å². The van der Waals surface area contributed by atoms with Crippen molar-refractivity contribution in [2.45, 2.75) is 223 Å². The fourth-order valence-electron chi connectivity index (χ4n) is 6.55. The Morgan fingerprint density at radius 3 is 1.38 bits per heavy atom. The van der Waals surface area contributed by atoms with Crippen LogP contribution in [0.15, 0.2) is 0 Å². The van der Waals surface area contributed by atoms with E-state index in [4.69, 9.17) is 9.05 Å². The highest BCUT2D eigenvalue weighted by Crippen LogP contribution is 2.47. The molecule has 1 aliphatic carbocycles. The van der Waals surface area contributed by atoms with Crippen molar-refractivity contribution in [3.05, 3.63) is 0 Å². The molecular formula is C37H74NO11P. The van der Waals surface area contributed by atoms with Crippen LogP contribution in [0.2, 0.25) is 0 Å². The molecule has 50 heavy (non-hydrogen) atoms. The van der Waals surface area contributed by atoms with Crippen molar-refractivity contribution >= 4 is 13.7 Å². The van der Waals surface area contributed by atoms with E-state index >= 15 is 0 Å². The van der Waals surface area contributed by atoms with Crippen LogP contribution in [0.3, 0.4) is 0 Å². The van der Waals surface area contributed by atoms with E-state index in [-0.39, 0.29) is 12.3 Å². The van der Waals surface area contributed by atoms with E-state index in [1.807, 2.05) is 0 Å². The Labute approximate surface area is 302 Å². The average molecular weight is 740 g/mol. The zero-order valence-electron chi connectivity index (χ0n) is 31.2. The molecular weight excluding hydrogens is 665 g/mol. The minimum absolute atomic E-state index is 0.239. The molecule has 0 spiro atoms. The number of aliphatic hydroxyl groups is 6. The first kappa shape index (κ1) is 47.4. The van der Waals surface area contributed by atoms with Crippen LogP contribution in [0, 0.1) is 0 Å². The summed E-state index contributed by atoms with van der Waals surface area (Å²) in [7, 11) is -5.04. The predicted octanol–water partition coefficient (Wildman–Crippen LogP) is 5.94. The van der Waals surface area contributed by atoms with E-state index in [2.05, 4.69) is 19.2 Å². The molecule has 0 bridgehead atoms. The number of phosphoric ester groups is 1. The summed E-state index contributed by atoms with van der Waals surface area (Å²) in [4.78, 5) is 23.2. The quantitative estimate of drug-likeness (QED) is 0.0299. The molecule has 0 aliphatic heterocycles. The highest BCUT2D eigenvalue weighted by molar-refractivity contribution is 7.47. The lowest BCUT2D eigenvalue weighted by atomic mass is 9.85. The first-order chi connectivity index (χ1) is 23.9. The van der Waals surface area contributed by atoms with Gasteiger partial charge >= 0.3 is 7.82 Å². The maximum atomic E-state index is 12.8. The Balaban J connectivity index is 2.52. The summed E-state index contributed by atoms with van der Waals surface area (Å²) in [5, 5.41) is 63.7. The van der Waals surface area contributed by atoms with E-state index in [0.29, 0.717) is 19.3 Å². The number of hydrogen-bond acceptors (Lipinski definition) is 10. The lowest BCUT2D eigenvalue weighted by molar-refractivity contribution is -0.220. The van der Waals surface area contributed by atoms with Gasteiger partial charge in [-0.25, -0.2) is 4.57 Å².